The average Bonchev–Trinajstić information content (AvgIpc) is 2.45. The highest BCUT2D eigenvalue weighted by Crippen LogP contribution is 2.35. The number of hydrogen-bond acceptors (Lipinski definition) is 1. The van der Waals surface area contributed by atoms with Crippen LogP contribution in [0.3, 0.4) is 0 Å². The molecular formula is C12H15F2NO. The van der Waals surface area contributed by atoms with Gasteiger partial charge in [-0.3, -0.25) is 4.79 Å². The average molecular weight is 227 g/mol. The molecule has 88 valence electrons. The number of nitrogens with zero attached hydrogens (tertiary/aromatic N) is 1. The normalized spacial score (nSPS) is 18.9. The first-order valence-electron chi connectivity index (χ1n) is 5.38. The standard InChI is InChI=1S/C12H15F2NO/c1-12(2)5-9-8(10(16)6-12)3-4-15(9)7-11(13)14/h3-4,11H,5-7H2,1-2H3. The zero-order valence-corrected chi connectivity index (χ0v) is 9.46. The lowest BCUT2D eigenvalue weighted by Crippen LogP contribution is -2.28. The lowest BCUT2D eigenvalue weighted by atomic mass is 9.76. The van der Waals surface area contributed by atoms with Gasteiger partial charge in [0.2, 0.25) is 0 Å². The minimum atomic E-state index is -2.38. The Hall–Kier alpha value is -1.19. The molecule has 4 heteroatoms. The number of hydrogen-bond donors (Lipinski definition) is 0. The van der Waals surface area contributed by atoms with Crippen LogP contribution in [0.25, 0.3) is 0 Å². The van der Waals surface area contributed by atoms with Gasteiger partial charge in [0.05, 0.1) is 6.54 Å². The maximum Gasteiger partial charge on any atom is 0.256 e. The summed E-state index contributed by atoms with van der Waals surface area (Å²) < 4.78 is 26.2. The molecule has 2 rings (SSSR count). The molecule has 1 heterocycles. The molecule has 0 amide bonds. The molecule has 0 fully saturated rings. The second-order valence-corrected chi connectivity index (χ2v) is 5.16. The van der Waals surface area contributed by atoms with E-state index in [1.165, 1.54) is 4.57 Å². The maximum absolute atomic E-state index is 12.4. The Labute approximate surface area is 93.3 Å². The van der Waals surface area contributed by atoms with Crippen LogP contribution in [0, 0.1) is 5.41 Å². The minimum Gasteiger partial charge on any atom is -0.345 e. The zero-order chi connectivity index (χ0) is 11.9. The second-order valence-electron chi connectivity index (χ2n) is 5.16. The first-order valence-corrected chi connectivity index (χ1v) is 5.38. The summed E-state index contributed by atoms with van der Waals surface area (Å²) in [5.74, 6) is 0.0688. The summed E-state index contributed by atoms with van der Waals surface area (Å²) in [4.78, 5) is 11.8. The first kappa shape index (κ1) is 11.3. The van der Waals surface area contributed by atoms with Gasteiger partial charge in [0.1, 0.15) is 0 Å². The predicted molar refractivity (Wildman–Crippen MR) is 56.9 cm³/mol. The van der Waals surface area contributed by atoms with Crippen LogP contribution < -0.4 is 0 Å². The molecular weight excluding hydrogens is 212 g/mol. The molecule has 2 nitrogen and oxygen atoms in total. The molecule has 1 aromatic rings. The van der Waals surface area contributed by atoms with Crippen molar-refractivity contribution in [3.05, 3.63) is 23.5 Å². The number of alkyl halides is 2. The van der Waals surface area contributed by atoms with E-state index in [1.807, 2.05) is 13.8 Å². The SMILES string of the molecule is CC1(C)CC(=O)c2ccn(CC(F)F)c2C1. The van der Waals surface area contributed by atoms with Crippen molar-refractivity contribution in [1.82, 2.24) is 4.57 Å². The topological polar surface area (TPSA) is 22.0 Å². The molecule has 0 unspecified atom stereocenters. The lowest BCUT2D eigenvalue weighted by Gasteiger charge is -2.29. The van der Waals surface area contributed by atoms with E-state index in [0.717, 1.165) is 5.69 Å². The number of fused-ring (bicyclic) bond motifs is 1. The van der Waals surface area contributed by atoms with Crippen molar-refractivity contribution >= 4 is 5.78 Å². The van der Waals surface area contributed by atoms with Crippen molar-refractivity contribution in [1.29, 1.82) is 0 Å². The highest BCUT2D eigenvalue weighted by molar-refractivity contribution is 5.98. The molecule has 0 saturated heterocycles. The summed E-state index contributed by atoms with van der Waals surface area (Å²) >= 11 is 0. The van der Waals surface area contributed by atoms with Crippen LogP contribution in [0.4, 0.5) is 8.78 Å². The van der Waals surface area contributed by atoms with Gasteiger partial charge in [-0.25, -0.2) is 8.78 Å². The van der Waals surface area contributed by atoms with Crippen molar-refractivity contribution in [2.24, 2.45) is 5.41 Å². The molecule has 0 atom stereocenters. The van der Waals surface area contributed by atoms with Crippen LogP contribution in [-0.2, 0) is 13.0 Å². The molecule has 0 aromatic carbocycles. The van der Waals surface area contributed by atoms with E-state index in [2.05, 4.69) is 0 Å². The van der Waals surface area contributed by atoms with Gasteiger partial charge in [0.15, 0.2) is 5.78 Å². The fraction of sp³-hybridized carbons (Fsp3) is 0.583. The van der Waals surface area contributed by atoms with Gasteiger partial charge < -0.3 is 4.57 Å². The Morgan fingerprint density at radius 3 is 2.75 bits per heavy atom. The number of ketones is 1. The van der Waals surface area contributed by atoms with Crippen molar-refractivity contribution < 1.29 is 13.6 Å². The van der Waals surface area contributed by atoms with E-state index in [-0.39, 0.29) is 17.7 Å². The molecule has 1 aliphatic rings. The second kappa shape index (κ2) is 3.68. The molecule has 0 radical (unpaired) electrons. The van der Waals surface area contributed by atoms with Gasteiger partial charge >= 0.3 is 0 Å². The van der Waals surface area contributed by atoms with E-state index in [1.54, 1.807) is 12.3 Å². The highest BCUT2D eigenvalue weighted by atomic mass is 19.3. The van der Waals surface area contributed by atoms with Crippen LogP contribution in [0.5, 0.6) is 0 Å². The summed E-state index contributed by atoms with van der Waals surface area (Å²) in [5, 5.41) is 0. The largest absolute Gasteiger partial charge is 0.345 e. The zero-order valence-electron chi connectivity index (χ0n) is 9.46. The van der Waals surface area contributed by atoms with Crippen molar-refractivity contribution in [3.8, 4) is 0 Å². The third-order valence-electron chi connectivity index (χ3n) is 3.00. The van der Waals surface area contributed by atoms with Crippen molar-refractivity contribution in [2.45, 2.75) is 39.7 Å². The summed E-state index contributed by atoms with van der Waals surface area (Å²) in [6.07, 6.45) is 0.402. The smallest absolute Gasteiger partial charge is 0.256 e. The van der Waals surface area contributed by atoms with E-state index >= 15 is 0 Å². The Bertz CT molecular complexity index is 421. The number of halogens is 2. The number of aromatic nitrogens is 1. The molecule has 0 aliphatic heterocycles. The number of carbonyl (C=O) groups excluding carboxylic acids is 1. The highest BCUT2D eigenvalue weighted by Gasteiger charge is 2.33. The van der Waals surface area contributed by atoms with E-state index in [9.17, 15) is 13.6 Å². The molecule has 0 bridgehead atoms. The van der Waals surface area contributed by atoms with Gasteiger partial charge in [0, 0.05) is 23.9 Å². The Balaban J connectivity index is 2.37. The van der Waals surface area contributed by atoms with Gasteiger partial charge in [-0.05, 0) is 17.9 Å². The molecule has 16 heavy (non-hydrogen) atoms. The van der Waals surface area contributed by atoms with E-state index < -0.39 is 6.43 Å². The quantitative estimate of drug-likeness (QED) is 0.761. The van der Waals surface area contributed by atoms with Crippen LogP contribution in [0.15, 0.2) is 12.3 Å². The minimum absolute atomic E-state index is 0.0688. The van der Waals surface area contributed by atoms with Crippen LogP contribution in [0.2, 0.25) is 0 Å². The van der Waals surface area contributed by atoms with Crippen LogP contribution in [-0.4, -0.2) is 16.8 Å². The third-order valence-corrected chi connectivity index (χ3v) is 3.00. The Morgan fingerprint density at radius 2 is 2.12 bits per heavy atom. The number of carbonyl (C=O) groups is 1. The van der Waals surface area contributed by atoms with Gasteiger partial charge in [0.25, 0.3) is 6.43 Å². The van der Waals surface area contributed by atoms with Gasteiger partial charge in [-0.1, -0.05) is 13.8 Å². The summed E-state index contributed by atoms with van der Waals surface area (Å²) in [5.41, 5.74) is 1.27. The van der Waals surface area contributed by atoms with Gasteiger partial charge in [-0.2, -0.15) is 0 Å². The van der Waals surface area contributed by atoms with Crippen LogP contribution in [0.1, 0.15) is 36.3 Å². The summed E-state index contributed by atoms with van der Waals surface area (Å²) in [6, 6.07) is 1.66. The monoisotopic (exact) mass is 227 g/mol. The Morgan fingerprint density at radius 1 is 1.44 bits per heavy atom. The van der Waals surface area contributed by atoms with Crippen molar-refractivity contribution in [3.63, 3.8) is 0 Å². The van der Waals surface area contributed by atoms with Crippen LogP contribution >= 0.6 is 0 Å². The fourth-order valence-corrected chi connectivity index (χ4v) is 2.32. The van der Waals surface area contributed by atoms with E-state index in [0.29, 0.717) is 18.4 Å². The summed E-state index contributed by atoms with van der Waals surface area (Å²) in [6.45, 7) is 3.67. The Kier molecular flexibility index (Phi) is 2.60. The lowest BCUT2D eigenvalue weighted by molar-refractivity contribution is 0.0902. The predicted octanol–water partition coefficient (Wildman–Crippen LogP) is 2.91. The first-order chi connectivity index (χ1) is 7.39. The van der Waals surface area contributed by atoms with Crippen molar-refractivity contribution in [2.75, 3.05) is 0 Å². The fourth-order valence-electron chi connectivity index (χ4n) is 2.32. The molecule has 0 saturated carbocycles. The molecule has 0 spiro atoms. The van der Waals surface area contributed by atoms with Gasteiger partial charge in [-0.15, -0.1) is 0 Å². The molecule has 1 aliphatic carbocycles. The molecule has 1 aromatic heterocycles. The number of rotatable bonds is 2. The number of Topliss-reactive ketones (excluding diaryl/α,β-unsaturated/α-hetero) is 1. The van der Waals surface area contributed by atoms with E-state index in [4.69, 9.17) is 0 Å². The third kappa shape index (κ3) is 2.01. The molecule has 0 N–H and O–H groups in total. The maximum atomic E-state index is 12.4. The summed E-state index contributed by atoms with van der Waals surface area (Å²) in [7, 11) is 0.